The second-order valence-electron chi connectivity index (χ2n) is 4.39. The Morgan fingerprint density at radius 2 is 1.94 bits per heavy atom. The first-order chi connectivity index (χ1) is 8.34. The molecule has 2 heterocycles. The highest BCUT2D eigenvalue weighted by Gasteiger charge is 2.41. The summed E-state index contributed by atoms with van der Waals surface area (Å²) in [5.74, 6) is 0. The third-order valence-corrected chi connectivity index (χ3v) is 3.21. The Labute approximate surface area is 99.5 Å². The molecule has 1 aromatic rings. The van der Waals surface area contributed by atoms with Crippen LogP contribution in [0.5, 0.6) is 0 Å². The van der Waals surface area contributed by atoms with Gasteiger partial charge in [-0.15, -0.1) is 0 Å². The van der Waals surface area contributed by atoms with Gasteiger partial charge in [0.05, 0.1) is 13.2 Å². The van der Waals surface area contributed by atoms with Gasteiger partial charge in [-0.3, -0.25) is 0 Å². The zero-order valence-electron chi connectivity index (χ0n) is 9.42. The van der Waals surface area contributed by atoms with E-state index in [9.17, 15) is 4.39 Å². The van der Waals surface area contributed by atoms with E-state index in [2.05, 4.69) is 0 Å². The molecule has 3 rings (SSSR count). The average molecular weight is 238 g/mol. The third kappa shape index (κ3) is 2.20. The summed E-state index contributed by atoms with van der Waals surface area (Å²) in [7, 11) is 0. The highest BCUT2D eigenvalue weighted by Crippen LogP contribution is 2.32. The maximum atomic E-state index is 13.7. The Kier molecular flexibility index (Phi) is 3.09. The molecule has 2 fully saturated rings. The van der Waals surface area contributed by atoms with Crippen LogP contribution in [0.2, 0.25) is 0 Å². The van der Waals surface area contributed by atoms with Crippen molar-refractivity contribution in [2.24, 2.45) is 0 Å². The maximum Gasteiger partial charge on any atom is 0.184 e. The fraction of sp³-hybridized carbons (Fsp3) is 0.538. The summed E-state index contributed by atoms with van der Waals surface area (Å²) in [6.07, 6.45) is -1.79. The van der Waals surface area contributed by atoms with Gasteiger partial charge in [-0.05, 0) is 0 Å². The van der Waals surface area contributed by atoms with E-state index < -0.39 is 18.6 Å². The lowest BCUT2D eigenvalue weighted by Gasteiger charge is -2.40. The van der Waals surface area contributed by atoms with Crippen molar-refractivity contribution in [1.29, 1.82) is 0 Å². The molecule has 0 radical (unpaired) electrons. The van der Waals surface area contributed by atoms with Gasteiger partial charge < -0.3 is 14.2 Å². The van der Waals surface area contributed by atoms with Crippen LogP contribution in [0.3, 0.4) is 0 Å². The van der Waals surface area contributed by atoms with Crippen LogP contribution < -0.4 is 0 Å². The van der Waals surface area contributed by atoms with Crippen LogP contribution in [-0.2, 0) is 14.2 Å². The molecule has 2 aliphatic rings. The number of halogens is 1. The van der Waals surface area contributed by atoms with Crippen LogP contribution in [0.1, 0.15) is 18.3 Å². The van der Waals surface area contributed by atoms with E-state index in [1.165, 1.54) is 0 Å². The lowest BCUT2D eigenvalue weighted by atomic mass is 10.0. The molecule has 17 heavy (non-hydrogen) atoms. The molecule has 0 N–H and O–H groups in total. The van der Waals surface area contributed by atoms with Crippen molar-refractivity contribution in [3.05, 3.63) is 35.9 Å². The minimum Gasteiger partial charge on any atom is -0.373 e. The molecule has 0 spiro atoms. The minimum absolute atomic E-state index is 0.265. The summed E-state index contributed by atoms with van der Waals surface area (Å²) < 4.78 is 30.4. The van der Waals surface area contributed by atoms with E-state index in [4.69, 9.17) is 14.2 Å². The SMILES string of the molecule is F[C@H]1CCO[C@@H]2COC(c3ccccc3)O[C@@H]12. The van der Waals surface area contributed by atoms with Crippen LogP contribution in [0.15, 0.2) is 30.3 Å². The zero-order valence-corrected chi connectivity index (χ0v) is 9.42. The van der Waals surface area contributed by atoms with Crippen molar-refractivity contribution in [3.63, 3.8) is 0 Å². The fourth-order valence-corrected chi connectivity index (χ4v) is 2.29. The van der Waals surface area contributed by atoms with Gasteiger partial charge in [0.15, 0.2) is 6.29 Å². The van der Waals surface area contributed by atoms with Gasteiger partial charge in [-0.2, -0.15) is 0 Å². The zero-order chi connectivity index (χ0) is 11.7. The van der Waals surface area contributed by atoms with E-state index in [-0.39, 0.29) is 6.10 Å². The van der Waals surface area contributed by atoms with Crippen molar-refractivity contribution in [1.82, 2.24) is 0 Å². The number of rotatable bonds is 1. The Morgan fingerprint density at radius 3 is 2.76 bits per heavy atom. The second-order valence-corrected chi connectivity index (χ2v) is 4.39. The quantitative estimate of drug-likeness (QED) is 0.751. The van der Waals surface area contributed by atoms with E-state index in [0.717, 1.165) is 5.56 Å². The van der Waals surface area contributed by atoms with Gasteiger partial charge >= 0.3 is 0 Å². The Balaban J connectivity index is 1.74. The summed E-state index contributed by atoms with van der Waals surface area (Å²) in [5, 5.41) is 0. The minimum atomic E-state index is -0.955. The van der Waals surface area contributed by atoms with Gasteiger partial charge in [0.2, 0.25) is 0 Å². The van der Waals surface area contributed by atoms with Gasteiger partial charge in [-0.1, -0.05) is 30.3 Å². The molecular formula is C13H15FO3. The Morgan fingerprint density at radius 1 is 1.12 bits per heavy atom. The van der Waals surface area contributed by atoms with Crippen molar-refractivity contribution in [2.45, 2.75) is 31.1 Å². The van der Waals surface area contributed by atoms with Gasteiger partial charge in [0.25, 0.3) is 0 Å². The van der Waals surface area contributed by atoms with E-state index >= 15 is 0 Å². The van der Waals surface area contributed by atoms with Crippen LogP contribution in [0, 0.1) is 0 Å². The van der Waals surface area contributed by atoms with Crippen molar-refractivity contribution in [2.75, 3.05) is 13.2 Å². The molecule has 0 amide bonds. The standard InChI is InChI=1S/C13H15FO3/c14-10-6-7-15-11-8-16-13(17-12(10)11)9-4-2-1-3-5-9/h1-5,10-13H,6-8H2/t10-,11+,12-,13?/m0/s1. The fourth-order valence-electron chi connectivity index (χ4n) is 2.29. The Hall–Kier alpha value is -0.970. The third-order valence-electron chi connectivity index (χ3n) is 3.21. The van der Waals surface area contributed by atoms with Crippen LogP contribution in [0.4, 0.5) is 4.39 Å². The predicted molar refractivity (Wildman–Crippen MR) is 59.3 cm³/mol. The van der Waals surface area contributed by atoms with E-state index in [1.54, 1.807) is 0 Å². The molecule has 4 atom stereocenters. The molecule has 0 aromatic heterocycles. The molecule has 0 saturated carbocycles. The summed E-state index contributed by atoms with van der Waals surface area (Å²) in [4.78, 5) is 0. The first-order valence-electron chi connectivity index (χ1n) is 5.92. The molecule has 2 saturated heterocycles. The summed E-state index contributed by atoms with van der Waals surface area (Å²) in [5.41, 5.74) is 0.920. The molecular weight excluding hydrogens is 223 g/mol. The molecule has 1 aromatic carbocycles. The van der Waals surface area contributed by atoms with Crippen LogP contribution in [-0.4, -0.2) is 31.6 Å². The average Bonchev–Trinajstić information content (AvgIpc) is 2.40. The summed E-state index contributed by atoms with van der Waals surface area (Å²) in [6.45, 7) is 0.843. The number of hydrogen-bond donors (Lipinski definition) is 0. The molecule has 3 nitrogen and oxygen atoms in total. The lowest BCUT2D eigenvalue weighted by molar-refractivity contribution is -0.291. The molecule has 2 aliphatic heterocycles. The predicted octanol–water partition coefficient (Wildman–Crippen LogP) is 2.23. The molecule has 4 heteroatoms. The maximum absolute atomic E-state index is 13.7. The summed E-state index contributed by atoms with van der Waals surface area (Å²) in [6, 6.07) is 9.59. The summed E-state index contributed by atoms with van der Waals surface area (Å²) >= 11 is 0. The number of alkyl halides is 1. The van der Waals surface area contributed by atoms with Crippen molar-refractivity contribution in [3.8, 4) is 0 Å². The molecule has 0 bridgehead atoms. The number of ether oxygens (including phenoxy) is 3. The normalized spacial score (nSPS) is 37.5. The second kappa shape index (κ2) is 4.72. The number of hydrogen-bond acceptors (Lipinski definition) is 3. The van der Waals surface area contributed by atoms with Gasteiger partial charge in [0, 0.05) is 12.0 Å². The van der Waals surface area contributed by atoms with Crippen molar-refractivity contribution < 1.29 is 18.6 Å². The van der Waals surface area contributed by atoms with Crippen LogP contribution in [0.25, 0.3) is 0 Å². The number of benzene rings is 1. The number of fused-ring (bicyclic) bond motifs is 1. The molecule has 92 valence electrons. The monoisotopic (exact) mass is 238 g/mol. The molecule has 1 unspecified atom stereocenters. The molecule has 0 aliphatic carbocycles. The van der Waals surface area contributed by atoms with Crippen LogP contribution >= 0.6 is 0 Å². The van der Waals surface area contributed by atoms with Gasteiger partial charge in [-0.25, -0.2) is 4.39 Å². The highest BCUT2D eigenvalue weighted by molar-refractivity contribution is 5.16. The first kappa shape index (κ1) is 11.1. The highest BCUT2D eigenvalue weighted by atomic mass is 19.1. The smallest absolute Gasteiger partial charge is 0.184 e. The Bertz CT molecular complexity index is 370. The van der Waals surface area contributed by atoms with E-state index in [1.807, 2.05) is 30.3 Å². The van der Waals surface area contributed by atoms with Crippen molar-refractivity contribution >= 4 is 0 Å². The topological polar surface area (TPSA) is 27.7 Å². The van der Waals surface area contributed by atoms with Gasteiger partial charge in [0.1, 0.15) is 18.4 Å². The largest absolute Gasteiger partial charge is 0.373 e. The first-order valence-corrected chi connectivity index (χ1v) is 5.92. The van der Waals surface area contributed by atoms with E-state index in [0.29, 0.717) is 19.6 Å². The lowest BCUT2D eigenvalue weighted by Crippen LogP contribution is -2.50.